The Hall–Kier alpha value is -3.53. The maximum absolute atomic E-state index is 6.23. The number of tetrazole rings is 1. The summed E-state index contributed by atoms with van der Waals surface area (Å²) >= 11 is 6.23. The fourth-order valence-corrected chi connectivity index (χ4v) is 6.32. The molecule has 3 heterocycles. The first-order valence-corrected chi connectivity index (χ1v) is 12.5. The van der Waals surface area contributed by atoms with Gasteiger partial charge >= 0.3 is 0 Å². The van der Waals surface area contributed by atoms with Gasteiger partial charge in [0.1, 0.15) is 12.7 Å². The second-order valence-corrected chi connectivity index (χ2v) is 9.80. The van der Waals surface area contributed by atoms with Crippen molar-refractivity contribution in [3.05, 3.63) is 69.2 Å². The first-order valence-electron chi connectivity index (χ1n) is 12.1. The van der Waals surface area contributed by atoms with Crippen molar-refractivity contribution in [2.75, 3.05) is 7.05 Å². The number of aryl methyl sites for hydroxylation is 2. The molecule has 3 aromatic rings. The monoisotopic (exact) mass is 485 g/mol. The van der Waals surface area contributed by atoms with Crippen molar-refractivity contribution < 1.29 is 0 Å². The van der Waals surface area contributed by atoms with E-state index in [1.165, 1.54) is 39.0 Å². The third-order valence-electron chi connectivity index (χ3n) is 7.36. The molecular formula is C25H27N9S. The molecule has 0 amide bonds. The highest BCUT2D eigenvalue weighted by molar-refractivity contribution is 7.81. The summed E-state index contributed by atoms with van der Waals surface area (Å²) in [7, 11) is 1.97. The second kappa shape index (κ2) is 8.60. The van der Waals surface area contributed by atoms with Gasteiger partial charge in [-0.15, -0.1) is 15.3 Å². The van der Waals surface area contributed by atoms with Crippen LogP contribution in [0, 0.1) is 6.92 Å². The lowest BCUT2D eigenvalue weighted by molar-refractivity contribution is 0.558. The molecule has 0 saturated heterocycles. The van der Waals surface area contributed by atoms with E-state index in [4.69, 9.17) is 17.3 Å². The molecule has 35 heavy (non-hydrogen) atoms. The van der Waals surface area contributed by atoms with Crippen LogP contribution >= 0.6 is 12.2 Å². The Bertz CT molecular complexity index is 1430. The number of fused-ring (bicyclic) bond motifs is 4. The van der Waals surface area contributed by atoms with E-state index in [1.54, 1.807) is 17.3 Å². The third-order valence-corrected chi connectivity index (χ3v) is 7.78. The van der Waals surface area contributed by atoms with Gasteiger partial charge in [0, 0.05) is 41.9 Å². The smallest absolute Gasteiger partial charge is 0.174 e. The molecule has 10 heteroatoms. The van der Waals surface area contributed by atoms with Gasteiger partial charge < -0.3 is 5.32 Å². The van der Waals surface area contributed by atoms with Gasteiger partial charge in [-0.2, -0.15) is 5.10 Å². The zero-order valence-electron chi connectivity index (χ0n) is 20.1. The summed E-state index contributed by atoms with van der Waals surface area (Å²) in [6.07, 6.45) is 10.4. The van der Waals surface area contributed by atoms with Crippen LogP contribution < -0.4 is 5.32 Å². The number of benzene rings is 1. The Kier molecular flexibility index (Phi) is 5.40. The number of allylic oxidation sites excluding steroid dienone is 3. The van der Waals surface area contributed by atoms with Crippen molar-refractivity contribution in [2.45, 2.75) is 58.4 Å². The van der Waals surface area contributed by atoms with E-state index in [1.807, 2.05) is 11.7 Å². The molecule has 0 saturated carbocycles. The lowest BCUT2D eigenvalue weighted by Crippen LogP contribution is -2.18. The maximum atomic E-state index is 6.23. The van der Waals surface area contributed by atoms with E-state index < -0.39 is 0 Å². The molecule has 2 aromatic heterocycles. The first-order chi connectivity index (χ1) is 17.1. The van der Waals surface area contributed by atoms with E-state index >= 15 is 0 Å². The van der Waals surface area contributed by atoms with E-state index in [0.29, 0.717) is 0 Å². The minimum atomic E-state index is 0.0948. The van der Waals surface area contributed by atoms with Crippen LogP contribution in [-0.4, -0.2) is 52.7 Å². The Labute approximate surface area is 209 Å². The Morgan fingerprint density at radius 3 is 2.77 bits per heavy atom. The molecule has 0 bridgehead atoms. The molecule has 1 aliphatic heterocycles. The topological polar surface area (TPSA) is 98.7 Å². The molecule has 0 radical (unpaired) electrons. The quantitative estimate of drug-likeness (QED) is 0.449. The van der Waals surface area contributed by atoms with Gasteiger partial charge in [-0.1, -0.05) is 23.9 Å². The number of rotatable bonds is 3. The first kappa shape index (κ1) is 22.0. The molecule has 3 aliphatic rings. The minimum Gasteiger partial charge on any atom is -0.391 e. The number of nitrogens with one attached hydrogen (secondary N) is 1. The minimum absolute atomic E-state index is 0.0948. The highest BCUT2D eigenvalue weighted by Crippen LogP contribution is 2.49. The molecule has 2 aliphatic carbocycles. The van der Waals surface area contributed by atoms with Crippen molar-refractivity contribution in [3.8, 4) is 0 Å². The molecule has 178 valence electrons. The van der Waals surface area contributed by atoms with Crippen LogP contribution in [-0.2, 0) is 13.0 Å². The summed E-state index contributed by atoms with van der Waals surface area (Å²) in [6.45, 7) is 5.14. The van der Waals surface area contributed by atoms with Gasteiger partial charge in [0.25, 0.3) is 0 Å². The van der Waals surface area contributed by atoms with Crippen molar-refractivity contribution in [3.63, 3.8) is 0 Å². The third kappa shape index (κ3) is 3.54. The van der Waals surface area contributed by atoms with Crippen LogP contribution in [0.1, 0.15) is 72.2 Å². The van der Waals surface area contributed by atoms with Crippen LogP contribution in [0.15, 0.2) is 40.7 Å². The maximum Gasteiger partial charge on any atom is 0.174 e. The van der Waals surface area contributed by atoms with Crippen LogP contribution in [0.5, 0.6) is 0 Å². The van der Waals surface area contributed by atoms with E-state index in [-0.39, 0.29) is 5.92 Å². The second-order valence-electron chi connectivity index (χ2n) is 9.39. The van der Waals surface area contributed by atoms with Crippen molar-refractivity contribution in [1.29, 1.82) is 0 Å². The molecule has 0 fully saturated rings. The predicted molar refractivity (Wildman–Crippen MR) is 137 cm³/mol. The summed E-state index contributed by atoms with van der Waals surface area (Å²) < 4.78 is 3.58. The van der Waals surface area contributed by atoms with Gasteiger partial charge in [-0.05, 0) is 79.1 Å². The fourth-order valence-electron chi connectivity index (χ4n) is 5.81. The summed E-state index contributed by atoms with van der Waals surface area (Å²) in [4.78, 5) is 0.948. The lowest BCUT2D eigenvalue weighted by atomic mass is 9.80. The van der Waals surface area contributed by atoms with E-state index in [2.05, 4.69) is 57.0 Å². The normalized spacial score (nSPS) is 21.8. The van der Waals surface area contributed by atoms with Crippen LogP contribution in [0.3, 0.4) is 0 Å². The number of nitrogens with zero attached hydrogens (tertiary/aromatic N) is 8. The Balaban J connectivity index is 1.57. The van der Waals surface area contributed by atoms with Crippen molar-refractivity contribution >= 4 is 28.9 Å². The number of hydrogen-bond acceptors (Lipinski definition) is 8. The number of aromatic nitrogens is 7. The van der Waals surface area contributed by atoms with Crippen molar-refractivity contribution in [2.24, 2.45) is 5.10 Å². The Morgan fingerprint density at radius 1 is 1.14 bits per heavy atom. The fraction of sp³-hybridized carbons (Fsp3) is 0.400. The molecular weight excluding hydrogens is 458 g/mol. The van der Waals surface area contributed by atoms with Gasteiger partial charge in [-0.3, -0.25) is 0 Å². The zero-order valence-corrected chi connectivity index (χ0v) is 20.9. The standard InChI is InChI=1S/C25H27N9S/c1-14-10-18-23(16-6-5-9-34-20(11-16)29-31-32-34)22(15(2)26-3)25(35)24(18)17-7-4-8-19(21(14)17)30-33-12-27-28-13-33/h10-13,23,26H,4-9H2,1-3H3/b22-15-,30-19+. The molecule has 6 rings (SSSR count). The Morgan fingerprint density at radius 2 is 1.97 bits per heavy atom. The number of hydrogen-bond donors (Lipinski definition) is 1. The highest BCUT2D eigenvalue weighted by Gasteiger charge is 2.39. The summed E-state index contributed by atoms with van der Waals surface area (Å²) in [5.74, 6) is 0.911. The van der Waals surface area contributed by atoms with Crippen LogP contribution in [0.2, 0.25) is 0 Å². The zero-order chi connectivity index (χ0) is 24.1. The lowest BCUT2D eigenvalue weighted by Gasteiger charge is -2.24. The number of thiocarbonyl (C=S) groups is 1. The molecule has 0 spiro atoms. The van der Waals surface area contributed by atoms with Gasteiger partial charge in [0.05, 0.1) is 10.6 Å². The highest BCUT2D eigenvalue weighted by atomic mass is 32.1. The summed E-state index contributed by atoms with van der Waals surface area (Å²) in [6, 6.07) is 2.34. The van der Waals surface area contributed by atoms with Crippen molar-refractivity contribution in [1.82, 2.24) is 40.4 Å². The SMILES string of the molecule is CN/C(C)=C1\C(=S)c2c(cc(C)c3c2CCC/C3=N\n2cnnc2)C1C1=Cc2nnnn2CCC1. The molecule has 9 nitrogen and oxygen atoms in total. The summed E-state index contributed by atoms with van der Waals surface area (Å²) in [5, 5.41) is 28.4. The van der Waals surface area contributed by atoms with Gasteiger partial charge in [0.15, 0.2) is 5.82 Å². The largest absolute Gasteiger partial charge is 0.391 e. The molecule has 1 atom stereocenters. The average molecular weight is 486 g/mol. The van der Waals surface area contributed by atoms with E-state index in [9.17, 15) is 0 Å². The average Bonchev–Trinajstić information content (AvgIpc) is 3.56. The van der Waals surface area contributed by atoms with Crippen LogP contribution in [0.4, 0.5) is 0 Å². The van der Waals surface area contributed by atoms with Gasteiger partial charge in [0.2, 0.25) is 0 Å². The predicted octanol–water partition coefficient (Wildman–Crippen LogP) is 3.35. The molecule has 1 aromatic carbocycles. The molecule has 1 N–H and O–H groups in total. The van der Waals surface area contributed by atoms with E-state index in [0.717, 1.165) is 60.7 Å². The summed E-state index contributed by atoms with van der Waals surface area (Å²) in [5.41, 5.74) is 11.0. The molecule has 1 unspecified atom stereocenters. The van der Waals surface area contributed by atoms with Crippen LogP contribution in [0.25, 0.3) is 6.08 Å². The van der Waals surface area contributed by atoms with Gasteiger partial charge in [-0.25, -0.2) is 9.36 Å².